The van der Waals surface area contributed by atoms with E-state index in [2.05, 4.69) is 12.2 Å². The number of nitrogens with zero attached hydrogens (tertiary/aromatic N) is 1. The summed E-state index contributed by atoms with van der Waals surface area (Å²) in [4.78, 5) is 13.9. The number of hydrogen-bond acceptors (Lipinski definition) is 3. The van der Waals surface area contributed by atoms with Crippen molar-refractivity contribution in [3.8, 4) is 5.75 Å². The van der Waals surface area contributed by atoms with Crippen molar-refractivity contribution < 1.29 is 9.53 Å². The summed E-state index contributed by atoms with van der Waals surface area (Å²) in [5.41, 5.74) is 3.56. The zero-order valence-electron chi connectivity index (χ0n) is 15.7. The van der Waals surface area contributed by atoms with E-state index in [-0.39, 0.29) is 11.8 Å². The van der Waals surface area contributed by atoms with E-state index in [0.717, 1.165) is 29.0 Å². The van der Waals surface area contributed by atoms with E-state index in [0.29, 0.717) is 18.4 Å². The first-order valence-corrected chi connectivity index (χ1v) is 8.67. The molecule has 0 bridgehead atoms. The molecule has 4 nitrogen and oxygen atoms in total. The second kappa shape index (κ2) is 9.48. The van der Waals surface area contributed by atoms with E-state index in [1.54, 1.807) is 19.0 Å². The van der Waals surface area contributed by atoms with Crippen molar-refractivity contribution in [1.82, 2.24) is 4.81 Å². The highest BCUT2D eigenvalue weighted by atomic mass is 16.5. The molecule has 1 atom stereocenters. The number of ether oxygens (including phenoxy) is 1. The molecule has 2 rings (SSSR count). The molecule has 1 amide bonds. The highest BCUT2D eigenvalue weighted by molar-refractivity contribution is 6.32. The fourth-order valence-corrected chi connectivity index (χ4v) is 2.90. The van der Waals surface area contributed by atoms with Crippen LogP contribution in [0.1, 0.15) is 36.8 Å². The highest BCUT2D eigenvalue weighted by Crippen LogP contribution is 2.28. The first kappa shape index (κ1) is 20.1. The summed E-state index contributed by atoms with van der Waals surface area (Å²) in [6.07, 6.45) is 1.15. The van der Waals surface area contributed by atoms with Crippen LogP contribution in [0.2, 0.25) is 0 Å². The van der Waals surface area contributed by atoms with Crippen LogP contribution < -0.4 is 15.5 Å². The Balaban J connectivity index is 1.92. The molecular formula is C20H24B2N2O2. The minimum Gasteiger partial charge on any atom is -0.496 e. The van der Waals surface area contributed by atoms with Crippen molar-refractivity contribution in [2.75, 3.05) is 19.5 Å². The molecule has 132 valence electrons. The summed E-state index contributed by atoms with van der Waals surface area (Å²) in [5, 5.41) is 2.95. The smallest absolute Gasteiger partial charge is 0.224 e. The van der Waals surface area contributed by atoms with Crippen molar-refractivity contribution >= 4 is 32.9 Å². The molecule has 2 aromatic carbocycles. The minimum absolute atomic E-state index is 0.00971. The maximum atomic E-state index is 12.3. The third-order valence-corrected chi connectivity index (χ3v) is 4.24. The summed E-state index contributed by atoms with van der Waals surface area (Å²) in [6.45, 7) is 2.71. The molecule has 0 aliphatic carbocycles. The second-order valence-corrected chi connectivity index (χ2v) is 6.60. The zero-order valence-corrected chi connectivity index (χ0v) is 15.7. The molecule has 1 N–H and O–H groups in total. The Bertz CT molecular complexity index is 750. The van der Waals surface area contributed by atoms with Gasteiger partial charge in [0.2, 0.25) is 5.91 Å². The van der Waals surface area contributed by atoms with Gasteiger partial charge in [-0.05, 0) is 48.7 Å². The summed E-state index contributed by atoms with van der Waals surface area (Å²) < 4.78 is 5.40. The normalized spacial score (nSPS) is 12.0. The van der Waals surface area contributed by atoms with Gasteiger partial charge in [-0.3, -0.25) is 4.79 Å². The Morgan fingerprint density at radius 1 is 1.27 bits per heavy atom. The lowest BCUT2D eigenvalue weighted by Crippen LogP contribution is -2.15. The molecule has 0 heterocycles. The average Bonchev–Trinajstić information content (AvgIpc) is 2.59. The van der Waals surface area contributed by atoms with Gasteiger partial charge in [0.1, 0.15) is 13.6 Å². The zero-order chi connectivity index (χ0) is 19.1. The maximum absolute atomic E-state index is 12.3. The van der Waals surface area contributed by atoms with Gasteiger partial charge in [0.25, 0.3) is 0 Å². The molecule has 26 heavy (non-hydrogen) atoms. The van der Waals surface area contributed by atoms with Crippen molar-refractivity contribution in [3.63, 3.8) is 0 Å². The molecule has 0 saturated carbocycles. The van der Waals surface area contributed by atoms with E-state index in [1.807, 2.05) is 42.5 Å². The Labute approximate surface area is 158 Å². The fraction of sp³-hybridized carbons (Fsp3) is 0.350. The number of anilines is 1. The summed E-state index contributed by atoms with van der Waals surface area (Å²) >= 11 is 0. The number of hydrogen-bond donors (Lipinski definition) is 1. The van der Waals surface area contributed by atoms with Gasteiger partial charge < -0.3 is 14.9 Å². The molecule has 2 aromatic rings. The Morgan fingerprint density at radius 3 is 2.73 bits per heavy atom. The molecule has 6 heteroatoms. The molecule has 0 unspecified atom stereocenters. The van der Waals surface area contributed by atoms with Crippen LogP contribution in [0, 0.1) is 0 Å². The summed E-state index contributed by atoms with van der Waals surface area (Å²) in [5.74, 6) is 0.939. The summed E-state index contributed by atoms with van der Waals surface area (Å²) in [6, 6.07) is 13.3. The third kappa shape index (κ3) is 5.95. The SMILES string of the molecule is [B]c1ccc([C@@H](C)CCC(=O)Nc2cccc(CN([B])C)c2)c(OC)c1. The average molecular weight is 346 g/mol. The topological polar surface area (TPSA) is 41.6 Å². The van der Waals surface area contributed by atoms with Crippen molar-refractivity contribution in [2.24, 2.45) is 0 Å². The molecular weight excluding hydrogens is 322 g/mol. The van der Waals surface area contributed by atoms with Crippen molar-refractivity contribution in [1.29, 1.82) is 0 Å². The van der Waals surface area contributed by atoms with E-state index in [4.69, 9.17) is 20.6 Å². The van der Waals surface area contributed by atoms with Gasteiger partial charge in [0, 0.05) is 18.7 Å². The van der Waals surface area contributed by atoms with Crippen LogP contribution in [-0.2, 0) is 11.3 Å². The summed E-state index contributed by atoms with van der Waals surface area (Å²) in [7, 11) is 14.9. The van der Waals surface area contributed by atoms with Gasteiger partial charge in [-0.25, -0.2) is 0 Å². The Kier molecular flexibility index (Phi) is 7.34. The predicted molar refractivity (Wildman–Crippen MR) is 108 cm³/mol. The second-order valence-electron chi connectivity index (χ2n) is 6.60. The van der Waals surface area contributed by atoms with Gasteiger partial charge in [-0.1, -0.05) is 36.7 Å². The number of benzene rings is 2. The molecule has 0 saturated heterocycles. The lowest BCUT2D eigenvalue weighted by atomic mass is 9.89. The molecule has 4 radical (unpaired) electrons. The maximum Gasteiger partial charge on any atom is 0.224 e. The highest BCUT2D eigenvalue weighted by Gasteiger charge is 2.13. The van der Waals surface area contributed by atoms with E-state index < -0.39 is 0 Å². The Hall–Kier alpha value is -2.20. The molecule has 0 aliphatic rings. The number of carbonyl (C=O) groups is 1. The number of amides is 1. The standard InChI is InChI=1S/C20H24B2N2O2/c1-14(18-9-8-16(21)12-19(18)26-3)7-10-20(25)23-17-6-4-5-15(11-17)13-24(2)22/h4-6,8-9,11-12,14H,7,10,13H2,1-3H3,(H,23,25)/t14-/m0/s1. The van der Waals surface area contributed by atoms with Crippen LogP contribution in [0.4, 0.5) is 5.69 Å². The van der Waals surface area contributed by atoms with E-state index in [1.165, 1.54) is 0 Å². The quantitative estimate of drug-likeness (QED) is 0.747. The van der Waals surface area contributed by atoms with Gasteiger partial charge in [-0.2, -0.15) is 0 Å². The third-order valence-electron chi connectivity index (χ3n) is 4.24. The van der Waals surface area contributed by atoms with Gasteiger partial charge in [0.05, 0.1) is 7.11 Å². The number of rotatable bonds is 8. The Morgan fingerprint density at radius 2 is 2.04 bits per heavy atom. The first-order valence-electron chi connectivity index (χ1n) is 8.67. The van der Waals surface area contributed by atoms with Crippen LogP contribution in [0.15, 0.2) is 42.5 Å². The van der Waals surface area contributed by atoms with Crippen molar-refractivity contribution in [2.45, 2.75) is 32.2 Å². The molecule has 0 aromatic heterocycles. The van der Waals surface area contributed by atoms with Crippen LogP contribution in [-0.4, -0.2) is 40.7 Å². The lowest BCUT2D eigenvalue weighted by molar-refractivity contribution is -0.116. The van der Waals surface area contributed by atoms with E-state index >= 15 is 0 Å². The van der Waals surface area contributed by atoms with Gasteiger partial charge in [-0.15, -0.1) is 0 Å². The minimum atomic E-state index is -0.00971. The van der Waals surface area contributed by atoms with Crippen LogP contribution in [0.5, 0.6) is 5.75 Å². The largest absolute Gasteiger partial charge is 0.496 e. The number of carbonyl (C=O) groups excluding carboxylic acids is 1. The number of methoxy groups -OCH3 is 1. The van der Waals surface area contributed by atoms with Gasteiger partial charge in [0.15, 0.2) is 7.98 Å². The molecule has 0 spiro atoms. The van der Waals surface area contributed by atoms with Crippen LogP contribution >= 0.6 is 0 Å². The van der Waals surface area contributed by atoms with Crippen LogP contribution in [0.25, 0.3) is 0 Å². The van der Waals surface area contributed by atoms with Crippen LogP contribution in [0.3, 0.4) is 0 Å². The molecule has 0 aliphatic heterocycles. The number of nitrogens with one attached hydrogen (secondary N) is 1. The fourth-order valence-electron chi connectivity index (χ4n) is 2.90. The molecule has 0 fully saturated rings. The van der Waals surface area contributed by atoms with Gasteiger partial charge >= 0.3 is 0 Å². The monoisotopic (exact) mass is 346 g/mol. The van der Waals surface area contributed by atoms with Crippen molar-refractivity contribution in [3.05, 3.63) is 53.6 Å². The lowest BCUT2D eigenvalue weighted by Gasteiger charge is -2.16. The van der Waals surface area contributed by atoms with E-state index in [9.17, 15) is 4.79 Å². The predicted octanol–water partition coefficient (Wildman–Crippen LogP) is 2.53. The first-order chi connectivity index (χ1) is 12.4.